The molecule has 188 valence electrons. The van der Waals surface area contributed by atoms with Crippen molar-refractivity contribution in [1.82, 2.24) is 24.5 Å². The maximum Gasteiger partial charge on any atom is 0.330 e. The fourth-order valence-electron chi connectivity index (χ4n) is 4.17. The first-order chi connectivity index (χ1) is 16.2. The Hall–Kier alpha value is -2.92. The van der Waals surface area contributed by atoms with E-state index in [1.807, 2.05) is 33.8 Å². The maximum absolute atomic E-state index is 13.4. The molecule has 3 heterocycles. The molecule has 2 aromatic heterocycles. The lowest BCUT2D eigenvalue weighted by Gasteiger charge is -2.35. The SMILES string of the molecule is CCCCN(C(=O)CN1CCN(Cc2cc(C)on2)CC1)c1c(N)n(CC(C)C)c(=O)[nH]c1=O. The minimum absolute atomic E-state index is 0.0413. The molecule has 0 spiro atoms. The van der Waals surface area contributed by atoms with E-state index in [0.29, 0.717) is 19.6 Å². The maximum atomic E-state index is 13.4. The van der Waals surface area contributed by atoms with Crippen molar-refractivity contribution in [1.29, 1.82) is 0 Å². The number of hydrogen-bond donors (Lipinski definition) is 2. The van der Waals surface area contributed by atoms with Crippen molar-refractivity contribution in [2.75, 3.05) is 49.9 Å². The van der Waals surface area contributed by atoms with E-state index < -0.39 is 11.2 Å². The molecule has 11 nitrogen and oxygen atoms in total. The Bertz CT molecular complexity index is 1080. The molecule has 1 aliphatic heterocycles. The molecule has 0 unspecified atom stereocenters. The Morgan fingerprint density at radius 3 is 2.50 bits per heavy atom. The van der Waals surface area contributed by atoms with Crippen LogP contribution in [0.15, 0.2) is 20.2 Å². The number of carbonyl (C=O) groups excluding carboxylic acids is 1. The van der Waals surface area contributed by atoms with E-state index in [2.05, 4.69) is 19.9 Å². The first-order valence-electron chi connectivity index (χ1n) is 12.0. The van der Waals surface area contributed by atoms with Gasteiger partial charge in [-0.25, -0.2) is 4.79 Å². The average molecular weight is 476 g/mol. The molecule has 1 aliphatic rings. The number of nitrogens with zero attached hydrogens (tertiary/aromatic N) is 5. The zero-order chi connectivity index (χ0) is 24.8. The summed E-state index contributed by atoms with van der Waals surface area (Å²) in [5.41, 5.74) is 6.08. The van der Waals surface area contributed by atoms with E-state index in [0.717, 1.165) is 50.5 Å². The van der Waals surface area contributed by atoms with Crippen LogP contribution in [0.3, 0.4) is 0 Å². The van der Waals surface area contributed by atoms with Gasteiger partial charge in [-0.15, -0.1) is 0 Å². The van der Waals surface area contributed by atoms with Gasteiger partial charge in [0.05, 0.1) is 12.2 Å². The minimum atomic E-state index is -0.625. The van der Waals surface area contributed by atoms with Crippen LogP contribution in [-0.2, 0) is 17.9 Å². The van der Waals surface area contributed by atoms with E-state index in [1.54, 1.807) is 0 Å². The van der Waals surface area contributed by atoms with Gasteiger partial charge in [0.1, 0.15) is 11.6 Å². The van der Waals surface area contributed by atoms with Crippen molar-refractivity contribution in [2.24, 2.45) is 5.92 Å². The van der Waals surface area contributed by atoms with E-state index in [1.165, 1.54) is 9.47 Å². The molecule has 1 fully saturated rings. The molecule has 1 amide bonds. The average Bonchev–Trinajstić information content (AvgIpc) is 3.19. The van der Waals surface area contributed by atoms with E-state index in [-0.39, 0.29) is 29.9 Å². The highest BCUT2D eigenvalue weighted by Crippen LogP contribution is 2.19. The zero-order valence-corrected chi connectivity index (χ0v) is 20.7. The lowest BCUT2D eigenvalue weighted by atomic mass is 10.2. The van der Waals surface area contributed by atoms with E-state index in [4.69, 9.17) is 10.3 Å². The number of aryl methyl sites for hydroxylation is 1. The summed E-state index contributed by atoms with van der Waals surface area (Å²) in [5, 5.41) is 4.05. The first-order valence-corrected chi connectivity index (χ1v) is 12.0. The molecule has 0 aliphatic carbocycles. The summed E-state index contributed by atoms with van der Waals surface area (Å²) >= 11 is 0. The van der Waals surface area contributed by atoms with Gasteiger partial charge in [0.2, 0.25) is 5.91 Å². The number of amides is 1. The van der Waals surface area contributed by atoms with Crippen LogP contribution in [0.2, 0.25) is 0 Å². The second-order valence-corrected chi connectivity index (χ2v) is 9.38. The molecule has 1 saturated heterocycles. The fourth-order valence-corrected chi connectivity index (χ4v) is 4.17. The summed E-state index contributed by atoms with van der Waals surface area (Å²) in [6.07, 6.45) is 1.58. The van der Waals surface area contributed by atoms with Crippen molar-refractivity contribution in [3.63, 3.8) is 0 Å². The van der Waals surface area contributed by atoms with Crippen molar-refractivity contribution in [3.8, 4) is 0 Å². The Morgan fingerprint density at radius 2 is 1.91 bits per heavy atom. The van der Waals surface area contributed by atoms with Gasteiger partial charge in [-0.1, -0.05) is 32.3 Å². The number of piperazine rings is 1. The summed E-state index contributed by atoms with van der Waals surface area (Å²) in [5.74, 6) is 0.789. The topological polar surface area (TPSA) is 134 Å². The highest BCUT2D eigenvalue weighted by atomic mass is 16.5. The molecule has 2 aromatic rings. The monoisotopic (exact) mass is 475 g/mol. The smallest absolute Gasteiger partial charge is 0.330 e. The number of nitrogens with one attached hydrogen (secondary N) is 1. The van der Waals surface area contributed by atoms with Crippen molar-refractivity contribution >= 4 is 17.4 Å². The van der Waals surface area contributed by atoms with Gasteiger partial charge in [0.15, 0.2) is 5.69 Å². The lowest BCUT2D eigenvalue weighted by Crippen LogP contribution is -2.51. The standard InChI is InChI=1S/C23H37N7O4/c1-5-6-7-29(20-21(24)30(13-16(2)3)23(33)25-22(20)32)19(31)15-28-10-8-27(9-11-28)14-18-12-17(4)34-26-18/h12,16H,5-11,13-15,24H2,1-4H3,(H,25,32,33). The Labute approximate surface area is 199 Å². The van der Waals surface area contributed by atoms with Gasteiger partial charge >= 0.3 is 5.69 Å². The second kappa shape index (κ2) is 11.5. The summed E-state index contributed by atoms with van der Waals surface area (Å²) in [6.45, 7) is 12.5. The van der Waals surface area contributed by atoms with Crippen LogP contribution in [0.5, 0.6) is 0 Å². The third-order valence-electron chi connectivity index (χ3n) is 5.95. The van der Waals surface area contributed by atoms with E-state index >= 15 is 0 Å². The summed E-state index contributed by atoms with van der Waals surface area (Å²) in [4.78, 5) is 46.6. The van der Waals surface area contributed by atoms with Gasteiger partial charge < -0.3 is 15.2 Å². The number of nitrogen functional groups attached to an aromatic ring is 1. The third-order valence-corrected chi connectivity index (χ3v) is 5.95. The van der Waals surface area contributed by atoms with Crippen molar-refractivity contribution < 1.29 is 9.32 Å². The first kappa shape index (κ1) is 25.7. The minimum Gasteiger partial charge on any atom is -0.383 e. The van der Waals surface area contributed by atoms with Crippen LogP contribution in [0.1, 0.15) is 45.1 Å². The molecular weight excluding hydrogens is 438 g/mol. The highest BCUT2D eigenvalue weighted by molar-refractivity contribution is 5.96. The van der Waals surface area contributed by atoms with Gasteiger partial charge in [-0.3, -0.25) is 28.9 Å². The molecule has 0 saturated carbocycles. The summed E-state index contributed by atoms with van der Waals surface area (Å²) in [7, 11) is 0. The molecule has 11 heteroatoms. The number of aromatic amines is 1. The summed E-state index contributed by atoms with van der Waals surface area (Å²) in [6, 6.07) is 1.93. The van der Waals surface area contributed by atoms with Crippen LogP contribution < -0.4 is 21.9 Å². The largest absolute Gasteiger partial charge is 0.383 e. The Morgan fingerprint density at radius 1 is 1.24 bits per heavy atom. The normalized spacial score (nSPS) is 15.2. The van der Waals surface area contributed by atoms with Crippen molar-refractivity contribution in [2.45, 2.75) is 53.6 Å². The predicted molar refractivity (Wildman–Crippen MR) is 131 cm³/mol. The number of H-pyrrole nitrogens is 1. The molecule has 34 heavy (non-hydrogen) atoms. The lowest BCUT2D eigenvalue weighted by molar-refractivity contribution is -0.120. The number of carbonyl (C=O) groups is 1. The number of hydrogen-bond acceptors (Lipinski definition) is 8. The van der Waals surface area contributed by atoms with Gasteiger partial charge in [0.25, 0.3) is 5.56 Å². The van der Waals surface area contributed by atoms with Crippen LogP contribution >= 0.6 is 0 Å². The molecule has 0 radical (unpaired) electrons. The molecule has 3 rings (SSSR count). The van der Waals surface area contributed by atoms with E-state index in [9.17, 15) is 14.4 Å². The third kappa shape index (κ3) is 6.35. The van der Waals surface area contributed by atoms with Crippen LogP contribution in [-0.4, -0.2) is 69.7 Å². The second-order valence-electron chi connectivity index (χ2n) is 9.38. The molecule has 3 N–H and O–H groups in total. The number of rotatable bonds is 10. The molecule has 0 aromatic carbocycles. The van der Waals surface area contributed by atoms with Gasteiger partial charge in [-0.2, -0.15) is 0 Å². The van der Waals surface area contributed by atoms with Gasteiger partial charge in [0, 0.05) is 51.9 Å². The Balaban J connectivity index is 1.72. The van der Waals surface area contributed by atoms with Crippen LogP contribution in [0.4, 0.5) is 11.5 Å². The zero-order valence-electron chi connectivity index (χ0n) is 20.7. The molecular formula is C23H37N7O4. The molecule has 0 atom stereocenters. The number of unbranched alkanes of at least 4 members (excludes halogenated alkanes) is 1. The number of anilines is 2. The van der Waals surface area contributed by atoms with Crippen LogP contribution in [0.25, 0.3) is 0 Å². The van der Waals surface area contributed by atoms with Crippen LogP contribution in [0, 0.1) is 12.8 Å². The predicted octanol–water partition coefficient (Wildman–Crippen LogP) is 1.02. The highest BCUT2D eigenvalue weighted by Gasteiger charge is 2.27. The molecule has 0 bridgehead atoms. The van der Waals surface area contributed by atoms with Crippen molar-refractivity contribution in [3.05, 3.63) is 38.4 Å². The number of aromatic nitrogens is 3. The summed E-state index contributed by atoms with van der Waals surface area (Å²) < 4.78 is 6.48. The van der Waals surface area contributed by atoms with Gasteiger partial charge in [-0.05, 0) is 19.3 Å². The fraction of sp³-hybridized carbons (Fsp3) is 0.652. The Kier molecular flexibility index (Phi) is 8.67. The quantitative estimate of drug-likeness (QED) is 0.520. The number of nitrogens with two attached hydrogens (primary N) is 1.